The number of nitrogens with one attached hydrogen (secondary N) is 2. The highest BCUT2D eigenvalue weighted by atomic mass is 19.1. The van der Waals surface area contributed by atoms with Crippen molar-refractivity contribution in [3.05, 3.63) is 84.1 Å². The number of hydrogen-bond donors (Lipinski definition) is 2. The predicted octanol–water partition coefficient (Wildman–Crippen LogP) is 6.16. The molecule has 152 valence electrons. The molecule has 0 saturated carbocycles. The highest BCUT2D eigenvalue weighted by Gasteiger charge is 2.16. The van der Waals surface area contributed by atoms with Gasteiger partial charge >= 0.3 is 5.97 Å². The van der Waals surface area contributed by atoms with Gasteiger partial charge in [0.25, 0.3) is 0 Å². The van der Waals surface area contributed by atoms with E-state index in [1.54, 1.807) is 37.3 Å². The van der Waals surface area contributed by atoms with Gasteiger partial charge in [0.1, 0.15) is 17.3 Å². The average Bonchev–Trinajstić information content (AvgIpc) is 3.20. The number of rotatable bonds is 6. The normalized spacial score (nSPS) is 10.8. The first-order valence-corrected chi connectivity index (χ1v) is 9.33. The van der Waals surface area contributed by atoms with Gasteiger partial charge in [0.2, 0.25) is 0 Å². The van der Waals surface area contributed by atoms with Crippen molar-refractivity contribution in [1.29, 1.82) is 0 Å². The van der Waals surface area contributed by atoms with Crippen molar-refractivity contribution in [3.63, 3.8) is 0 Å². The fourth-order valence-corrected chi connectivity index (χ4v) is 3.05. The van der Waals surface area contributed by atoms with Crippen LogP contribution in [0.2, 0.25) is 0 Å². The van der Waals surface area contributed by atoms with Crippen LogP contribution in [0.3, 0.4) is 0 Å². The summed E-state index contributed by atoms with van der Waals surface area (Å²) in [5, 5.41) is 3.50. The molecule has 0 saturated heterocycles. The van der Waals surface area contributed by atoms with Crippen molar-refractivity contribution in [2.45, 2.75) is 6.92 Å². The Hall–Kier alpha value is -3.87. The van der Waals surface area contributed by atoms with E-state index in [-0.39, 0.29) is 23.6 Å². The van der Waals surface area contributed by atoms with E-state index in [0.717, 1.165) is 0 Å². The average molecular weight is 408 g/mol. The maximum atomic E-state index is 14.5. The molecule has 2 N–H and O–H groups in total. The van der Waals surface area contributed by atoms with Gasteiger partial charge < -0.3 is 19.8 Å². The second kappa shape index (κ2) is 8.24. The van der Waals surface area contributed by atoms with Gasteiger partial charge in [-0.15, -0.1) is 0 Å². The minimum atomic E-state index is -0.576. The van der Waals surface area contributed by atoms with Crippen molar-refractivity contribution >= 4 is 28.2 Å². The number of carbonyl (C=O) groups is 1. The zero-order valence-electron chi connectivity index (χ0n) is 16.0. The fraction of sp³-hybridized carbons (Fsp3) is 0.0870. The Morgan fingerprint density at radius 3 is 2.53 bits per heavy atom. The lowest BCUT2D eigenvalue weighted by molar-refractivity contribution is 0.0520. The van der Waals surface area contributed by atoms with Crippen LogP contribution < -0.4 is 10.1 Å². The Kier molecular flexibility index (Phi) is 5.34. The summed E-state index contributed by atoms with van der Waals surface area (Å²) in [6.45, 7) is 1.90. The van der Waals surface area contributed by atoms with Gasteiger partial charge in [-0.3, -0.25) is 0 Å². The summed E-state index contributed by atoms with van der Waals surface area (Å²) >= 11 is 0. The number of carbonyl (C=O) groups excluding carboxylic acids is 1. The molecule has 4 aromatic rings. The summed E-state index contributed by atoms with van der Waals surface area (Å²) in [5.74, 6) is -1.03. The van der Waals surface area contributed by atoms with Gasteiger partial charge in [-0.25, -0.2) is 13.6 Å². The predicted molar refractivity (Wildman–Crippen MR) is 110 cm³/mol. The van der Waals surface area contributed by atoms with E-state index in [4.69, 9.17) is 9.47 Å². The Balaban J connectivity index is 1.61. The Labute approximate surface area is 171 Å². The number of aromatic nitrogens is 1. The SMILES string of the molecule is CCOC(=O)c1cc2c(Nc3ccc(Oc4ccccc4)c(F)c3)ccc(F)c2[nH]1. The van der Waals surface area contributed by atoms with Crippen molar-refractivity contribution in [2.24, 2.45) is 0 Å². The topological polar surface area (TPSA) is 63.4 Å². The van der Waals surface area contributed by atoms with Crippen LogP contribution in [0.4, 0.5) is 20.2 Å². The molecule has 0 amide bonds. The van der Waals surface area contributed by atoms with Gasteiger partial charge in [0.05, 0.1) is 12.1 Å². The number of H-pyrrole nitrogens is 1. The quantitative estimate of drug-likeness (QED) is 0.375. The molecule has 7 heteroatoms. The third kappa shape index (κ3) is 3.96. The van der Waals surface area contributed by atoms with Crippen LogP contribution in [-0.4, -0.2) is 17.6 Å². The molecular weight excluding hydrogens is 390 g/mol. The summed E-state index contributed by atoms with van der Waals surface area (Å²) in [4.78, 5) is 14.7. The third-order valence-corrected chi connectivity index (χ3v) is 4.42. The van der Waals surface area contributed by atoms with Crippen LogP contribution in [0.25, 0.3) is 10.9 Å². The zero-order valence-corrected chi connectivity index (χ0v) is 16.0. The van der Waals surface area contributed by atoms with E-state index in [2.05, 4.69) is 10.3 Å². The van der Waals surface area contributed by atoms with E-state index in [1.165, 1.54) is 30.3 Å². The number of para-hydroxylation sites is 1. The van der Waals surface area contributed by atoms with Gasteiger partial charge in [-0.1, -0.05) is 18.2 Å². The number of esters is 1. The standard InChI is InChI=1S/C23H18F2N2O3/c1-2-29-23(28)20-13-16-19(10-9-17(24)22(16)27-20)26-14-8-11-21(18(25)12-14)30-15-6-4-3-5-7-15/h3-13,26-27H,2H2,1H3. The molecular formula is C23H18F2N2O3. The lowest BCUT2D eigenvalue weighted by Crippen LogP contribution is -2.04. The Bertz CT molecular complexity index is 1210. The molecule has 5 nitrogen and oxygen atoms in total. The molecule has 3 aromatic carbocycles. The third-order valence-electron chi connectivity index (χ3n) is 4.42. The Morgan fingerprint density at radius 1 is 1.00 bits per heavy atom. The van der Waals surface area contributed by atoms with Gasteiger partial charge in [-0.05, 0) is 49.4 Å². The van der Waals surface area contributed by atoms with Crippen LogP contribution in [-0.2, 0) is 4.74 Å². The van der Waals surface area contributed by atoms with E-state index in [0.29, 0.717) is 22.5 Å². The Morgan fingerprint density at radius 2 is 1.80 bits per heavy atom. The van der Waals surface area contributed by atoms with Crippen molar-refractivity contribution in [2.75, 3.05) is 11.9 Å². The number of hydrogen-bond acceptors (Lipinski definition) is 4. The number of anilines is 2. The molecule has 0 fully saturated rings. The summed E-state index contributed by atoms with van der Waals surface area (Å²) < 4.78 is 39.2. The highest BCUT2D eigenvalue weighted by Crippen LogP contribution is 2.32. The maximum absolute atomic E-state index is 14.5. The largest absolute Gasteiger partial charge is 0.461 e. The minimum Gasteiger partial charge on any atom is -0.461 e. The summed E-state index contributed by atoms with van der Waals surface area (Å²) in [5.41, 5.74) is 1.25. The molecule has 0 bridgehead atoms. The van der Waals surface area contributed by atoms with Crippen molar-refractivity contribution in [1.82, 2.24) is 4.98 Å². The van der Waals surface area contributed by atoms with Crippen LogP contribution in [0, 0.1) is 11.6 Å². The van der Waals surface area contributed by atoms with Gasteiger partial charge in [-0.2, -0.15) is 0 Å². The summed E-state index contributed by atoms with van der Waals surface area (Å²) in [6, 6.07) is 17.6. The first-order chi connectivity index (χ1) is 14.5. The number of benzene rings is 3. The molecule has 0 atom stereocenters. The second-order valence-corrected chi connectivity index (χ2v) is 6.47. The molecule has 30 heavy (non-hydrogen) atoms. The fourth-order valence-electron chi connectivity index (χ4n) is 3.05. The van der Waals surface area contributed by atoms with Crippen LogP contribution >= 0.6 is 0 Å². The number of ether oxygens (including phenoxy) is 2. The molecule has 0 radical (unpaired) electrons. The molecule has 0 spiro atoms. The lowest BCUT2D eigenvalue weighted by Gasteiger charge is -2.11. The molecule has 1 heterocycles. The molecule has 1 aromatic heterocycles. The summed E-state index contributed by atoms with van der Waals surface area (Å²) in [7, 11) is 0. The molecule has 0 aliphatic carbocycles. The monoisotopic (exact) mass is 408 g/mol. The number of aromatic amines is 1. The van der Waals surface area contributed by atoms with E-state index in [1.807, 2.05) is 6.07 Å². The van der Waals surface area contributed by atoms with Gasteiger partial charge in [0.15, 0.2) is 11.6 Å². The molecule has 4 rings (SSSR count). The summed E-state index contributed by atoms with van der Waals surface area (Å²) in [6.07, 6.45) is 0. The minimum absolute atomic E-state index is 0.0854. The number of halogens is 2. The van der Waals surface area contributed by atoms with E-state index in [9.17, 15) is 13.6 Å². The zero-order chi connectivity index (χ0) is 21.1. The molecule has 0 aliphatic rings. The number of fused-ring (bicyclic) bond motifs is 1. The van der Waals surface area contributed by atoms with Crippen LogP contribution in [0.5, 0.6) is 11.5 Å². The maximum Gasteiger partial charge on any atom is 0.354 e. The smallest absolute Gasteiger partial charge is 0.354 e. The first-order valence-electron chi connectivity index (χ1n) is 9.33. The molecule has 0 aliphatic heterocycles. The lowest BCUT2D eigenvalue weighted by atomic mass is 10.2. The van der Waals surface area contributed by atoms with Crippen molar-refractivity contribution in [3.8, 4) is 11.5 Å². The van der Waals surface area contributed by atoms with Crippen LogP contribution in [0.1, 0.15) is 17.4 Å². The van der Waals surface area contributed by atoms with Crippen molar-refractivity contribution < 1.29 is 23.0 Å². The first kappa shape index (κ1) is 19.4. The molecule has 0 unspecified atom stereocenters. The second-order valence-electron chi connectivity index (χ2n) is 6.47. The van der Waals surface area contributed by atoms with Gasteiger partial charge in [0, 0.05) is 22.8 Å². The van der Waals surface area contributed by atoms with Crippen LogP contribution in [0.15, 0.2) is 66.7 Å². The highest BCUT2D eigenvalue weighted by molar-refractivity contribution is 6.00. The van der Waals surface area contributed by atoms with E-state index >= 15 is 0 Å². The van der Waals surface area contributed by atoms with E-state index < -0.39 is 17.6 Å².